The summed E-state index contributed by atoms with van der Waals surface area (Å²) in [5.74, 6) is 1.78. The van der Waals surface area contributed by atoms with Crippen LogP contribution in [-0.4, -0.2) is 15.5 Å². The lowest BCUT2D eigenvalue weighted by atomic mass is 9.49. The molecule has 2 aromatic heterocycles. The quantitative estimate of drug-likeness (QED) is 0.770. The molecule has 6 rings (SSSR count). The molecule has 0 unspecified atom stereocenters. The molecule has 4 fully saturated rings. The SMILES string of the molecule is O=C(Cn1cc(C(F)(F)F)ccc1=O)Nc1nc(C23CC4CC(CC(C4)C2)C3)cs1. The third kappa shape index (κ3) is 3.57. The number of hydrogen-bond acceptors (Lipinski definition) is 4. The molecule has 9 heteroatoms. The number of carbonyl (C=O) groups excluding carboxylic acids is 1. The van der Waals surface area contributed by atoms with Gasteiger partial charge in [0.15, 0.2) is 5.13 Å². The summed E-state index contributed by atoms with van der Waals surface area (Å²) in [5.41, 5.74) is -0.468. The fourth-order valence-corrected chi connectivity index (χ4v) is 6.98. The van der Waals surface area contributed by atoms with Crippen LogP contribution in [0, 0.1) is 17.8 Å². The molecule has 0 aliphatic heterocycles. The number of amides is 1. The van der Waals surface area contributed by atoms with Crippen LogP contribution in [-0.2, 0) is 22.9 Å². The van der Waals surface area contributed by atoms with E-state index in [0.29, 0.717) is 11.3 Å². The average molecular weight is 437 g/mol. The fourth-order valence-electron chi connectivity index (χ4n) is 6.14. The first-order chi connectivity index (χ1) is 14.2. The summed E-state index contributed by atoms with van der Waals surface area (Å²) in [6.45, 7) is -0.491. The molecule has 4 bridgehead atoms. The Labute approximate surface area is 175 Å². The van der Waals surface area contributed by atoms with Crippen LogP contribution in [0.1, 0.15) is 49.8 Å². The predicted octanol–water partition coefficient (Wildman–Crippen LogP) is 4.43. The second kappa shape index (κ2) is 6.93. The van der Waals surface area contributed by atoms with Gasteiger partial charge in [0.05, 0.1) is 11.3 Å². The van der Waals surface area contributed by atoms with Crippen LogP contribution in [0.4, 0.5) is 18.3 Å². The Hall–Kier alpha value is -2.16. The number of anilines is 1. The van der Waals surface area contributed by atoms with Crippen molar-refractivity contribution in [1.29, 1.82) is 0 Å². The van der Waals surface area contributed by atoms with Gasteiger partial charge in [0.1, 0.15) is 6.54 Å². The Morgan fingerprint density at radius 2 is 1.80 bits per heavy atom. The summed E-state index contributed by atoms with van der Waals surface area (Å²) < 4.78 is 39.4. The molecular weight excluding hydrogens is 415 g/mol. The number of rotatable bonds is 4. The summed E-state index contributed by atoms with van der Waals surface area (Å²) >= 11 is 1.34. The lowest BCUT2D eigenvalue weighted by Gasteiger charge is -2.56. The zero-order chi connectivity index (χ0) is 21.1. The molecule has 1 amide bonds. The smallest absolute Gasteiger partial charge is 0.305 e. The van der Waals surface area contributed by atoms with E-state index in [9.17, 15) is 22.8 Å². The standard InChI is InChI=1S/C21H22F3N3O2S/c22-21(23,24)15-1-2-18(29)27(9-15)10-17(28)26-19-25-16(11-30-19)20-6-12-3-13(7-20)5-14(4-12)8-20/h1-2,9,11-14H,3-8,10H2,(H,25,26,28). The van der Waals surface area contributed by atoms with Gasteiger partial charge in [-0.1, -0.05) is 0 Å². The van der Waals surface area contributed by atoms with E-state index in [-0.39, 0.29) is 5.41 Å². The molecule has 0 saturated heterocycles. The van der Waals surface area contributed by atoms with Crippen molar-refractivity contribution < 1.29 is 18.0 Å². The molecule has 5 nitrogen and oxygen atoms in total. The minimum atomic E-state index is -4.58. The number of thiazole rings is 1. The lowest BCUT2D eigenvalue weighted by molar-refractivity contribution is -0.138. The van der Waals surface area contributed by atoms with E-state index >= 15 is 0 Å². The van der Waals surface area contributed by atoms with Crippen LogP contribution in [0.3, 0.4) is 0 Å². The van der Waals surface area contributed by atoms with Crippen molar-refractivity contribution in [2.24, 2.45) is 17.8 Å². The highest BCUT2D eigenvalue weighted by molar-refractivity contribution is 7.13. The monoisotopic (exact) mass is 437 g/mol. The highest BCUT2D eigenvalue weighted by Gasteiger charge is 2.52. The predicted molar refractivity (Wildman–Crippen MR) is 106 cm³/mol. The molecule has 2 aromatic rings. The number of halogens is 3. The molecule has 0 aromatic carbocycles. The first kappa shape index (κ1) is 19.8. The zero-order valence-electron chi connectivity index (χ0n) is 16.2. The Bertz CT molecular complexity index is 1010. The average Bonchev–Trinajstić information content (AvgIpc) is 3.11. The van der Waals surface area contributed by atoms with Crippen LogP contribution in [0.25, 0.3) is 0 Å². The summed E-state index contributed by atoms with van der Waals surface area (Å²) in [5, 5.41) is 5.10. The summed E-state index contributed by atoms with van der Waals surface area (Å²) in [6.07, 6.45) is 3.58. The third-order valence-corrected chi connectivity index (χ3v) is 7.71. The van der Waals surface area contributed by atoms with Crippen molar-refractivity contribution in [3.63, 3.8) is 0 Å². The number of alkyl halides is 3. The Morgan fingerprint density at radius 3 is 2.40 bits per heavy atom. The van der Waals surface area contributed by atoms with Gasteiger partial charge < -0.3 is 9.88 Å². The second-order valence-corrected chi connectivity index (χ2v) is 10.0. The van der Waals surface area contributed by atoms with E-state index in [1.165, 1.54) is 30.6 Å². The molecule has 2 heterocycles. The van der Waals surface area contributed by atoms with Crippen molar-refractivity contribution in [3.05, 3.63) is 45.3 Å². The van der Waals surface area contributed by atoms with Gasteiger partial charge >= 0.3 is 6.18 Å². The highest BCUT2D eigenvalue weighted by atomic mass is 32.1. The maximum absolute atomic E-state index is 12.9. The van der Waals surface area contributed by atoms with Crippen LogP contribution in [0.2, 0.25) is 0 Å². The molecule has 0 radical (unpaired) electrons. The molecule has 1 N–H and O–H groups in total. The summed E-state index contributed by atoms with van der Waals surface area (Å²) in [4.78, 5) is 28.9. The molecule has 0 spiro atoms. The van der Waals surface area contributed by atoms with E-state index in [1.807, 2.05) is 5.38 Å². The maximum atomic E-state index is 12.9. The van der Waals surface area contributed by atoms with Crippen molar-refractivity contribution in [2.75, 3.05) is 5.32 Å². The number of hydrogen-bond donors (Lipinski definition) is 1. The van der Waals surface area contributed by atoms with Crippen LogP contribution >= 0.6 is 11.3 Å². The van der Waals surface area contributed by atoms with Crippen molar-refractivity contribution in [3.8, 4) is 0 Å². The lowest BCUT2D eigenvalue weighted by Crippen LogP contribution is -2.48. The topological polar surface area (TPSA) is 64.0 Å². The molecule has 160 valence electrons. The van der Waals surface area contributed by atoms with Crippen LogP contribution < -0.4 is 10.9 Å². The maximum Gasteiger partial charge on any atom is 0.417 e. The van der Waals surface area contributed by atoms with E-state index < -0.39 is 29.8 Å². The summed E-state index contributed by atoms with van der Waals surface area (Å²) in [6, 6.07) is 1.54. The first-order valence-electron chi connectivity index (χ1n) is 10.2. The molecular formula is C21H22F3N3O2S. The third-order valence-electron chi connectivity index (χ3n) is 6.96. The minimum Gasteiger partial charge on any atom is -0.305 e. The zero-order valence-corrected chi connectivity index (χ0v) is 17.1. The number of nitrogens with one attached hydrogen (secondary N) is 1. The Morgan fingerprint density at radius 1 is 1.17 bits per heavy atom. The van der Waals surface area contributed by atoms with Gasteiger partial charge in [-0.3, -0.25) is 9.59 Å². The van der Waals surface area contributed by atoms with Gasteiger partial charge in [-0.15, -0.1) is 11.3 Å². The van der Waals surface area contributed by atoms with Gasteiger partial charge in [0.2, 0.25) is 5.91 Å². The van der Waals surface area contributed by atoms with Gasteiger partial charge in [0.25, 0.3) is 5.56 Å². The Balaban J connectivity index is 1.29. The van der Waals surface area contributed by atoms with E-state index in [2.05, 4.69) is 10.3 Å². The largest absolute Gasteiger partial charge is 0.417 e. The van der Waals surface area contributed by atoms with E-state index in [4.69, 9.17) is 0 Å². The highest BCUT2D eigenvalue weighted by Crippen LogP contribution is 2.60. The Kier molecular flexibility index (Phi) is 4.57. The van der Waals surface area contributed by atoms with Gasteiger partial charge in [-0.25, -0.2) is 4.98 Å². The van der Waals surface area contributed by atoms with Gasteiger partial charge in [-0.05, 0) is 62.3 Å². The van der Waals surface area contributed by atoms with Crippen molar-refractivity contribution in [1.82, 2.24) is 9.55 Å². The number of aromatic nitrogens is 2. The first-order valence-corrected chi connectivity index (χ1v) is 11.1. The minimum absolute atomic E-state index is 0.117. The van der Waals surface area contributed by atoms with Crippen molar-refractivity contribution in [2.45, 2.75) is 56.7 Å². The van der Waals surface area contributed by atoms with E-state index in [0.717, 1.165) is 59.4 Å². The van der Waals surface area contributed by atoms with Crippen LogP contribution in [0.5, 0.6) is 0 Å². The molecule has 0 atom stereocenters. The number of pyridine rings is 1. The van der Waals surface area contributed by atoms with E-state index in [1.54, 1.807) is 0 Å². The number of carbonyl (C=O) groups is 1. The number of nitrogens with zero attached hydrogens (tertiary/aromatic N) is 2. The molecule has 4 saturated carbocycles. The van der Waals surface area contributed by atoms with Crippen molar-refractivity contribution >= 4 is 22.4 Å². The second-order valence-electron chi connectivity index (χ2n) is 9.17. The molecule has 4 aliphatic carbocycles. The normalized spacial score (nSPS) is 29.9. The van der Waals surface area contributed by atoms with Gasteiger partial charge in [-0.2, -0.15) is 13.2 Å². The fraction of sp³-hybridized carbons (Fsp3) is 0.571. The van der Waals surface area contributed by atoms with Gasteiger partial charge in [0, 0.05) is 23.1 Å². The van der Waals surface area contributed by atoms with Crippen LogP contribution in [0.15, 0.2) is 28.5 Å². The molecule has 4 aliphatic rings. The molecule has 30 heavy (non-hydrogen) atoms. The summed E-state index contributed by atoms with van der Waals surface area (Å²) in [7, 11) is 0.